The molecule has 0 unspecified atom stereocenters. The first-order chi connectivity index (χ1) is 10.8. The van der Waals surface area contributed by atoms with Crippen molar-refractivity contribution >= 4 is 0 Å². The molecule has 3 nitrogen and oxygen atoms in total. The maximum atomic E-state index is 6.69. The molecule has 10 atom stereocenters. The lowest BCUT2D eigenvalue weighted by molar-refractivity contribution is -0.0591. The van der Waals surface area contributed by atoms with Gasteiger partial charge in [0, 0.05) is 18.4 Å². The van der Waals surface area contributed by atoms with Crippen molar-refractivity contribution in [3.8, 4) is 5.75 Å². The van der Waals surface area contributed by atoms with E-state index in [2.05, 4.69) is 23.5 Å². The number of nitrogens with one attached hydrogen (secondary N) is 1. The Hall–Kier alpha value is -1.06. The lowest BCUT2D eigenvalue weighted by Crippen LogP contribution is -2.56. The maximum Gasteiger partial charge on any atom is 0.126 e. The molecule has 7 aliphatic rings. The van der Waals surface area contributed by atoms with E-state index >= 15 is 0 Å². The molecule has 8 rings (SSSR count). The highest BCUT2D eigenvalue weighted by molar-refractivity contribution is 5.39. The van der Waals surface area contributed by atoms with Crippen LogP contribution >= 0.6 is 0 Å². The maximum absolute atomic E-state index is 6.69. The van der Waals surface area contributed by atoms with Gasteiger partial charge in [-0.05, 0) is 59.6 Å². The Morgan fingerprint density at radius 1 is 1.18 bits per heavy atom. The van der Waals surface area contributed by atoms with Crippen molar-refractivity contribution in [2.75, 3.05) is 7.11 Å². The van der Waals surface area contributed by atoms with Crippen molar-refractivity contribution in [2.45, 2.75) is 24.8 Å². The number of benzene rings is 1. The Bertz CT molecular complexity index is 694. The predicted molar refractivity (Wildman–Crippen MR) is 80.0 cm³/mol. The molecule has 0 spiro atoms. The fraction of sp³-hybridized carbons (Fsp3) is 0.684. The highest BCUT2D eigenvalue weighted by Gasteiger charge is 2.92. The monoisotopic (exact) mass is 295 g/mol. The van der Waals surface area contributed by atoms with Gasteiger partial charge in [0.1, 0.15) is 11.5 Å². The van der Waals surface area contributed by atoms with Crippen LogP contribution in [0.25, 0.3) is 0 Å². The molecule has 114 valence electrons. The number of rotatable bonds is 4. The molecule has 22 heavy (non-hydrogen) atoms. The molecule has 1 N–H and O–H groups in total. The second-order valence-corrected chi connectivity index (χ2v) is 8.51. The van der Waals surface area contributed by atoms with Gasteiger partial charge in [-0.3, -0.25) is 5.32 Å². The first-order valence-corrected chi connectivity index (χ1v) is 8.89. The standard InChI is InChI=1S/C19H21NO2/c1-21-9-4-2-3-8(5-9)7-20-19-16-11-6-10-12-13(11)17(19)15(12)18(22-19)14(10)16/h2-5,10-18,20H,6-7H2,1H3/t10-,11+,12-,13+,14+,15+,16-,17+,18-,19+/m0/s1. The smallest absolute Gasteiger partial charge is 0.126 e. The Morgan fingerprint density at radius 2 is 2.14 bits per heavy atom. The Balaban J connectivity index is 1.23. The van der Waals surface area contributed by atoms with Crippen LogP contribution in [0.5, 0.6) is 5.75 Å². The van der Waals surface area contributed by atoms with Crippen LogP contribution in [0.4, 0.5) is 0 Å². The summed E-state index contributed by atoms with van der Waals surface area (Å²) in [4.78, 5) is 0. The predicted octanol–water partition coefficient (Wildman–Crippen LogP) is 2.27. The van der Waals surface area contributed by atoms with Crippen molar-refractivity contribution in [3.05, 3.63) is 29.8 Å². The molecule has 2 saturated heterocycles. The van der Waals surface area contributed by atoms with Gasteiger partial charge in [0.2, 0.25) is 0 Å². The first kappa shape index (κ1) is 11.5. The average Bonchev–Trinajstić information content (AvgIpc) is 3.18. The van der Waals surface area contributed by atoms with E-state index in [-0.39, 0.29) is 5.72 Å². The minimum Gasteiger partial charge on any atom is -0.497 e. The Morgan fingerprint density at radius 3 is 3.05 bits per heavy atom. The first-order valence-electron chi connectivity index (χ1n) is 8.89. The summed E-state index contributed by atoms with van der Waals surface area (Å²) in [7, 11) is 1.74. The van der Waals surface area contributed by atoms with Crippen LogP contribution in [-0.2, 0) is 11.3 Å². The normalized spacial score (nSPS) is 59.8. The van der Waals surface area contributed by atoms with Crippen LogP contribution in [0.15, 0.2) is 24.3 Å². The van der Waals surface area contributed by atoms with E-state index in [4.69, 9.17) is 9.47 Å². The zero-order valence-corrected chi connectivity index (χ0v) is 12.7. The third-order valence-electron chi connectivity index (χ3n) is 8.40. The van der Waals surface area contributed by atoms with Crippen molar-refractivity contribution in [2.24, 2.45) is 47.3 Å². The number of ether oxygens (including phenoxy) is 2. The SMILES string of the molecule is COc1cccc(CN[C@]23O[C@@H]4[C@@H]5[C@H]6[C@@H]7C[C@H]([C@H]6[C@H]52)[C@H]3[C@@H]74)c1. The van der Waals surface area contributed by atoms with E-state index in [0.29, 0.717) is 6.10 Å². The molecule has 5 saturated carbocycles. The summed E-state index contributed by atoms with van der Waals surface area (Å²) >= 11 is 0. The highest BCUT2D eigenvalue weighted by Crippen LogP contribution is 2.89. The molecular weight excluding hydrogens is 274 g/mol. The molecule has 7 fully saturated rings. The van der Waals surface area contributed by atoms with Gasteiger partial charge in [0.15, 0.2) is 0 Å². The van der Waals surface area contributed by atoms with Crippen LogP contribution in [0, 0.1) is 47.3 Å². The average molecular weight is 295 g/mol. The summed E-state index contributed by atoms with van der Waals surface area (Å²) in [6.45, 7) is 0.908. The van der Waals surface area contributed by atoms with Crippen LogP contribution in [0.2, 0.25) is 0 Å². The van der Waals surface area contributed by atoms with Crippen LogP contribution in [-0.4, -0.2) is 18.9 Å². The van der Waals surface area contributed by atoms with Crippen molar-refractivity contribution in [1.82, 2.24) is 5.32 Å². The van der Waals surface area contributed by atoms with Crippen LogP contribution in [0.1, 0.15) is 12.0 Å². The fourth-order valence-corrected chi connectivity index (χ4v) is 8.31. The second kappa shape index (κ2) is 3.25. The summed E-state index contributed by atoms with van der Waals surface area (Å²) in [5.41, 5.74) is 1.35. The fourth-order valence-electron chi connectivity index (χ4n) is 8.31. The lowest BCUT2D eigenvalue weighted by atomic mass is 9.59. The summed E-state index contributed by atoms with van der Waals surface area (Å²) in [6.07, 6.45) is 2.15. The van der Waals surface area contributed by atoms with Gasteiger partial charge in [-0.2, -0.15) is 0 Å². The van der Waals surface area contributed by atoms with Gasteiger partial charge < -0.3 is 9.47 Å². The van der Waals surface area contributed by atoms with Gasteiger partial charge in [0.25, 0.3) is 0 Å². The molecule has 1 aromatic rings. The molecule has 0 radical (unpaired) electrons. The van der Waals surface area contributed by atoms with E-state index in [1.54, 1.807) is 7.11 Å². The zero-order valence-electron chi connectivity index (χ0n) is 12.7. The van der Waals surface area contributed by atoms with Gasteiger partial charge in [-0.15, -0.1) is 0 Å². The molecular formula is C19H21NO2. The quantitative estimate of drug-likeness (QED) is 0.924. The van der Waals surface area contributed by atoms with Crippen LogP contribution < -0.4 is 10.1 Å². The van der Waals surface area contributed by atoms with Crippen molar-refractivity contribution in [3.63, 3.8) is 0 Å². The van der Waals surface area contributed by atoms with E-state index < -0.39 is 0 Å². The molecule has 2 heterocycles. The number of hydrogen-bond acceptors (Lipinski definition) is 3. The third-order valence-corrected chi connectivity index (χ3v) is 8.40. The summed E-state index contributed by atoms with van der Waals surface area (Å²) in [5.74, 6) is 8.55. The molecule has 3 heteroatoms. The Kier molecular flexibility index (Phi) is 1.69. The van der Waals surface area contributed by atoms with E-state index in [1.807, 2.05) is 6.07 Å². The van der Waals surface area contributed by atoms with Gasteiger partial charge >= 0.3 is 0 Å². The Labute approximate surface area is 130 Å². The minimum absolute atomic E-state index is 0.0418. The third kappa shape index (κ3) is 0.908. The summed E-state index contributed by atoms with van der Waals surface area (Å²) in [5, 5.41) is 3.91. The topological polar surface area (TPSA) is 30.5 Å². The molecule has 4 bridgehead atoms. The molecule has 5 aliphatic carbocycles. The van der Waals surface area contributed by atoms with E-state index in [1.165, 1.54) is 12.0 Å². The lowest BCUT2D eigenvalue weighted by Gasteiger charge is -2.46. The van der Waals surface area contributed by atoms with Crippen molar-refractivity contribution in [1.29, 1.82) is 0 Å². The summed E-state index contributed by atoms with van der Waals surface area (Å²) in [6, 6.07) is 8.44. The van der Waals surface area contributed by atoms with Gasteiger partial charge in [-0.25, -0.2) is 0 Å². The zero-order chi connectivity index (χ0) is 14.2. The van der Waals surface area contributed by atoms with Crippen LogP contribution in [0.3, 0.4) is 0 Å². The second-order valence-electron chi connectivity index (χ2n) is 8.51. The number of hydrogen-bond donors (Lipinski definition) is 1. The molecule has 0 aromatic heterocycles. The largest absolute Gasteiger partial charge is 0.497 e. The molecule has 0 amide bonds. The summed E-state index contributed by atoms with van der Waals surface area (Å²) < 4.78 is 12.0. The van der Waals surface area contributed by atoms with Gasteiger partial charge in [0.05, 0.1) is 13.2 Å². The number of methoxy groups -OCH3 is 1. The minimum atomic E-state index is 0.0418. The van der Waals surface area contributed by atoms with E-state index in [0.717, 1.165) is 59.6 Å². The van der Waals surface area contributed by atoms with Crippen molar-refractivity contribution < 1.29 is 9.47 Å². The highest BCUT2D eigenvalue weighted by atomic mass is 16.5. The molecule has 2 aliphatic heterocycles. The molecule has 1 aromatic carbocycles. The van der Waals surface area contributed by atoms with E-state index in [9.17, 15) is 0 Å². The van der Waals surface area contributed by atoms with Gasteiger partial charge in [-0.1, -0.05) is 12.1 Å².